The summed E-state index contributed by atoms with van der Waals surface area (Å²) in [7, 11) is 4.17. The molecule has 0 saturated heterocycles. The summed E-state index contributed by atoms with van der Waals surface area (Å²) in [6, 6.07) is 0. The minimum Gasteiger partial charge on any atom is -0.481 e. The monoisotopic (exact) mass is 205 g/mol. The predicted octanol–water partition coefficient (Wildman–Crippen LogP) is 0.894. The molecule has 0 atom stereocenters. The molecule has 0 unspecified atom stereocenters. The molecule has 0 aromatic heterocycles. The van der Waals surface area contributed by atoms with Crippen LogP contribution in [0.2, 0.25) is 0 Å². The number of carboxylic acids is 2. The number of hydrogen-bond donors (Lipinski definition) is 2. The Morgan fingerprint density at radius 2 is 1.43 bits per heavy atom. The Kier molecular flexibility index (Phi) is 11.0. The van der Waals surface area contributed by atoms with Crippen LogP contribution < -0.4 is 0 Å². The molecule has 84 valence electrons. The van der Waals surface area contributed by atoms with E-state index in [1.54, 1.807) is 0 Å². The highest BCUT2D eigenvalue weighted by molar-refractivity contribution is 5.75. The van der Waals surface area contributed by atoms with Gasteiger partial charge >= 0.3 is 11.9 Å². The van der Waals surface area contributed by atoms with E-state index in [-0.39, 0.29) is 12.8 Å². The van der Waals surface area contributed by atoms with Gasteiger partial charge in [-0.3, -0.25) is 9.59 Å². The van der Waals surface area contributed by atoms with Crippen LogP contribution in [-0.4, -0.2) is 47.7 Å². The number of carbonyl (C=O) groups is 2. The van der Waals surface area contributed by atoms with E-state index in [4.69, 9.17) is 10.2 Å². The van der Waals surface area contributed by atoms with Crippen LogP contribution in [0.15, 0.2) is 0 Å². The summed E-state index contributed by atoms with van der Waals surface area (Å²) in [5, 5.41) is 15.8. The van der Waals surface area contributed by atoms with Crippen LogP contribution in [0.25, 0.3) is 0 Å². The van der Waals surface area contributed by atoms with Crippen LogP contribution in [0.1, 0.15) is 26.2 Å². The van der Waals surface area contributed by atoms with Gasteiger partial charge in [0.2, 0.25) is 0 Å². The van der Waals surface area contributed by atoms with Crippen molar-refractivity contribution >= 4 is 11.9 Å². The molecule has 0 amide bonds. The Labute approximate surface area is 84.3 Å². The SMILES string of the molecule is CCCN(C)C.O=C(O)CCC(=O)O. The van der Waals surface area contributed by atoms with Gasteiger partial charge in [-0.05, 0) is 27.1 Å². The number of hydrogen-bond acceptors (Lipinski definition) is 3. The number of nitrogens with zero attached hydrogens (tertiary/aromatic N) is 1. The highest BCUT2D eigenvalue weighted by atomic mass is 16.4. The fraction of sp³-hybridized carbons (Fsp3) is 0.778. The lowest BCUT2D eigenvalue weighted by Gasteiger charge is -2.03. The Balaban J connectivity index is 0. The molecule has 0 aromatic rings. The number of carboxylic acid groups (broad SMARTS) is 2. The van der Waals surface area contributed by atoms with Crippen molar-refractivity contribution in [1.82, 2.24) is 4.90 Å². The molecule has 0 fully saturated rings. The summed E-state index contributed by atoms with van der Waals surface area (Å²) >= 11 is 0. The zero-order chi connectivity index (χ0) is 11.6. The second kappa shape index (κ2) is 9.98. The van der Waals surface area contributed by atoms with Crippen LogP contribution in [-0.2, 0) is 9.59 Å². The van der Waals surface area contributed by atoms with Crippen LogP contribution in [0.3, 0.4) is 0 Å². The van der Waals surface area contributed by atoms with E-state index < -0.39 is 11.9 Å². The quantitative estimate of drug-likeness (QED) is 0.697. The Hall–Kier alpha value is -1.10. The third-order valence-corrected chi connectivity index (χ3v) is 1.22. The molecule has 0 aliphatic rings. The summed E-state index contributed by atoms with van der Waals surface area (Å²) in [5.74, 6) is -2.15. The summed E-state index contributed by atoms with van der Waals surface area (Å²) in [6.07, 6.45) is 0.664. The third kappa shape index (κ3) is 22.4. The van der Waals surface area contributed by atoms with Crippen LogP contribution >= 0.6 is 0 Å². The fourth-order valence-corrected chi connectivity index (χ4v) is 0.661. The number of rotatable bonds is 5. The first kappa shape index (κ1) is 15.4. The van der Waals surface area contributed by atoms with E-state index in [1.807, 2.05) is 0 Å². The lowest BCUT2D eigenvalue weighted by atomic mass is 10.3. The van der Waals surface area contributed by atoms with E-state index >= 15 is 0 Å². The molecule has 0 radical (unpaired) electrons. The molecule has 5 nitrogen and oxygen atoms in total. The minimum absolute atomic E-state index is 0.296. The molecule has 2 N–H and O–H groups in total. The molecule has 0 aliphatic heterocycles. The molecule has 0 heterocycles. The van der Waals surface area contributed by atoms with Crippen molar-refractivity contribution in [2.24, 2.45) is 0 Å². The molecule has 0 rings (SSSR count). The maximum Gasteiger partial charge on any atom is 0.303 e. The van der Waals surface area contributed by atoms with Gasteiger partial charge in [-0.15, -0.1) is 0 Å². The van der Waals surface area contributed by atoms with Crippen molar-refractivity contribution in [2.75, 3.05) is 20.6 Å². The summed E-state index contributed by atoms with van der Waals surface area (Å²) < 4.78 is 0. The second-order valence-electron chi connectivity index (χ2n) is 3.09. The normalized spacial score (nSPS) is 9.14. The van der Waals surface area contributed by atoms with Gasteiger partial charge < -0.3 is 15.1 Å². The largest absolute Gasteiger partial charge is 0.481 e. The summed E-state index contributed by atoms with van der Waals surface area (Å²) in [6.45, 7) is 3.39. The molecular weight excluding hydrogens is 186 g/mol. The molecule has 0 bridgehead atoms. The van der Waals surface area contributed by atoms with Crippen molar-refractivity contribution in [3.8, 4) is 0 Å². The predicted molar refractivity (Wildman–Crippen MR) is 53.4 cm³/mol. The molecule has 5 heteroatoms. The fourth-order valence-electron chi connectivity index (χ4n) is 0.661. The van der Waals surface area contributed by atoms with Crippen molar-refractivity contribution in [2.45, 2.75) is 26.2 Å². The van der Waals surface area contributed by atoms with Crippen LogP contribution in [0.5, 0.6) is 0 Å². The van der Waals surface area contributed by atoms with E-state index in [1.165, 1.54) is 13.0 Å². The van der Waals surface area contributed by atoms with Gasteiger partial charge in [0, 0.05) is 0 Å². The van der Waals surface area contributed by atoms with Gasteiger partial charge in [-0.25, -0.2) is 0 Å². The average Bonchev–Trinajstić information content (AvgIpc) is 2.01. The van der Waals surface area contributed by atoms with E-state index in [2.05, 4.69) is 25.9 Å². The first-order chi connectivity index (χ1) is 6.40. The molecule has 0 aliphatic carbocycles. The van der Waals surface area contributed by atoms with Crippen molar-refractivity contribution in [3.63, 3.8) is 0 Å². The first-order valence-corrected chi connectivity index (χ1v) is 4.48. The second-order valence-corrected chi connectivity index (χ2v) is 3.09. The molecule has 0 spiro atoms. The molecule has 0 aromatic carbocycles. The Morgan fingerprint density at radius 3 is 1.50 bits per heavy atom. The minimum atomic E-state index is -1.08. The lowest BCUT2D eigenvalue weighted by Crippen LogP contribution is -2.11. The van der Waals surface area contributed by atoms with Gasteiger partial charge in [0.05, 0.1) is 12.8 Å². The Bertz CT molecular complexity index is 154. The Morgan fingerprint density at radius 1 is 1.07 bits per heavy atom. The van der Waals surface area contributed by atoms with Crippen molar-refractivity contribution in [3.05, 3.63) is 0 Å². The number of aliphatic carboxylic acids is 2. The van der Waals surface area contributed by atoms with Gasteiger partial charge in [-0.2, -0.15) is 0 Å². The van der Waals surface area contributed by atoms with E-state index in [9.17, 15) is 9.59 Å². The summed E-state index contributed by atoms with van der Waals surface area (Å²) in [5.41, 5.74) is 0. The highest BCUT2D eigenvalue weighted by Crippen LogP contribution is 1.86. The van der Waals surface area contributed by atoms with Crippen molar-refractivity contribution < 1.29 is 19.8 Å². The topological polar surface area (TPSA) is 77.8 Å². The maximum atomic E-state index is 9.64. The van der Waals surface area contributed by atoms with Gasteiger partial charge in [0.1, 0.15) is 0 Å². The van der Waals surface area contributed by atoms with Crippen LogP contribution in [0.4, 0.5) is 0 Å². The zero-order valence-electron chi connectivity index (χ0n) is 8.99. The molecule has 14 heavy (non-hydrogen) atoms. The first-order valence-electron chi connectivity index (χ1n) is 4.48. The van der Waals surface area contributed by atoms with E-state index in [0.717, 1.165) is 0 Å². The highest BCUT2D eigenvalue weighted by Gasteiger charge is 2.00. The maximum absolute atomic E-state index is 9.64. The molecule has 0 saturated carbocycles. The summed E-state index contributed by atoms with van der Waals surface area (Å²) in [4.78, 5) is 21.5. The van der Waals surface area contributed by atoms with Gasteiger partial charge in [-0.1, -0.05) is 6.92 Å². The van der Waals surface area contributed by atoms with E-state index in [0.29, 0.717) is 0 Å². The molecular formula is C9H19NO4. The standard InChI is InChI=1S/C5H13N.C4H6O4/c1-4-5-6(2)3;5-3(6)1-2-4(7)8/h4-5H2,1-3H3;1-2H2,(H,5,6)(H,7,8). The third-order valence-electron chi connectivity index (χ3n) is 1.22. The van der Waals surface area contributed by atoms with Gasteiger partial charge in [0.25, 0.3) is 0 Å². The smallest absolute Gasteiger partial charge is 0.303 e. The van der Waals surface area contributed by atoms with Crippen molar-refractivity contribution in [1.29, 1.82) is 0 Å². The lowest BCUT2D eigenvalue weighted by molar-refractivity contribution is -0.143. The van der Waals surface area contributed by atoms with Gasteiger partial charge in [0.15, 0.2) is 0 Å². The van der Waals surface area contributed by atoms with Crippen LogP contribution in [0, 0.1) is 0 Å². The average molecular weight is 205 g/mol. The zero-order valence-corrected chi connectivity index (χ0v) is 8.99.